The molecule has 1 nitrogen and oxygen atoms in total. The number of phenols is 1. The fourth-order valence-electron chi connectivity index (χ4n) is 4.00. The number of phenolic OH excluding ortho intramolecular Hbond substituents is 1. The van der Waals surface area contributed by atoms with Crippen LogP contribution in [0.25, 0.3) is 11.1 Å². The van der Waals surface area contributed by atoms with Gasteiger partial charge in [-0.1, -0.05) is 73.6 Å². The van der Waals surface area contributed by atoms with Crippen LogP contribution in [0.1, 0.15) is 101 Å². The first kappa shape index (κ1) is 19.6. The standard InChI is InChI=1S/C24H34O/c1-14(2)20-13-21(18-9-11-19(25)12-10-18)23(16(5)6)24(17(7)8)22(20)15(3)4/h9-17,25H,1-8H3. The number of hydrogen-bond donors (Lipinski definition) is 1. The molecule has 0 saturated heterocycles. The molecule has 2 aromatic carbocycles. The molecule has 0 aromatic heterocycles. The molecule has 0 atom stereocenters. The average molecular weight is 339 g/mol. The van der Waals surface area contributed by atoms with Gasteiger partial charge in [-0.2, -0.15) is 0 Å². The molecule has 0 aliphatic carbocycles. The van der Waals surface area contributed by atoms with E-state index in [2.05, 4.69) is 61.5 Å². The topological polar surface area (TPSA) is 20.2 Å². The van der Waals surface area contributed by atoms with Crippen molar-refractivity contribution in [2.45, 2.75) is 79.1 Å². The van der Waals surface area contributed by atoms with E-state index in [1.54, 1.807) is 12.1 Å². The van der Waals surface area contributed by atoms with E-state index >= 15 is 0 Å². The molecule has 0 fully saturated rings. The zero-order valence-electron chi connectivity index (χ0n) is 17.1. The third-order valence-electron chi connectivity index (χ3n) is 5.01. The van der Waals surface area contributed by atoms with Crippen molar-refractivity contribution in [1.29, 1.82) is 0 Å². The quantitative estimate of drug-likeness (QED) is 0.596. The van der Waals surface area contributed by atoms with Crippen LogP contribution in [0.3, 0.4) is 0 Å². The molecule has 0 spiro atoms. The summed E-state index contributed by atoms with van der Waals surface area (Å²) in [5.74, 6) is 2.28. The number of benzene rings is 2. The van der Waals surface area contributed by atoms with Crippen molar-refractivity contribution in [2.75, 3.05) is 0 Å². The second kappa shape index (κ2) is 7.64. The minimum atomic E-state index is 0.321. The molecule has 0 saturated carbocycles. The van der Waals surface area contributed by atoms with Crippen molar-refractivity contribution in [3.8, 4) is 16.9 Å². The van der Waals surface area contributed by atoms with Crippen LogP contribution in [0.2, 0.25) is 0 Å². The average Bonchev–Trinajstić information content (AvgIpc) is 2.52. The van der Waals surface area contributed by atoms with Crippen molar-refractivity contribution in [3.63, 3.8) is 0 Å². The smallest absolute Gasteiger partial charge is 0.115 e. The molecule has 0 unspecified atom stereocenters. The molecule has 2 aromatic rings. The predicted molar refractivity (Wildman–Crippen MR) is 110 cm³/mol. The third kappa shape index (κ3) is 3.92. The Bertz CT molecular complexity index is 719. The molecule has 2 rings (SSSR count). The van der Waals surface area contributed by atoms with Crippen LogP contribution in [0.5, 0.6) is 5.75 Å². The van der Waals surface area contributed by atoms with Gasteiger partial charge in [0.15, 0.2) is 0 Å². The lowest BCUT2D eigenvalue weighted by Gasteiger charge is -2.30. The number of hydrogen-bond acceptors (Lipinski definition) is 1. The van der Waals surface area contributed by atoms with Crippen LogP contribution in [-0.4, -0.2) is 5.11 Å². The highest BCUT2D eigenvalue weighted by Gasteiger charge is 2.25. The first-order valence-corrected chi connectivity index (χ1v) is 9.65. The summed E-state index contributed by atoms with van der Waals surface area (Å²) in [5.41, 5.74) is 8.52. The summed E-state index contributed by atoms with van der Waals surface area (Å²) >= 11 is 0. The maximum absolute atomic E-state index is 9.68. The summed E-state index contributed by atoms with van der Waals surface area (Å²) in [6.45, 7) is 18.4. The van der Waals surface area contributed by atoms with Gasteiger partial charge in [-0.25, -0.2) is 0 Å². The lowest BCUT2D eigenvalue weighted by Crippen LogP contribution is -2.12. The number of aromatic hydroxyl groups is 1. The highest BCUT2D eigenvalue weighted by Crippen LogP contribution is 2.43. The van der Waals surface area contributed by atoms with Gasteiger partial charge in [0.05, 0.1) is 0 Å². The highest BCUT2D eigenvalue weighted by atomic mass is 16.3. The normalized spacial score (nSPS) is 12.0. The molecule has 0 aliphatic heterocycles. The largest absolute Gasteiger partial charge is 0.508 e. The second-order valence-corrected chi connectivity index (χ2v) is 8.42. The van der Waals surface area contributed by atoms with Crippen LogP contribution in [-0.2, 0) is 0 Å². The van der Waals surface area contributed by atoms with Gasteiger partial charge in [0, 0.05) is 0 Å². The first-order chi connectivity index (χ1) is 11.6. The first-order valence-electron chi connectivity index (χ1n) is 9.65. The van der Waals surface area contributed by atoms with E-state index in [9.17, 15) is 5.11 Å². The van der Waals surface area contributed by atoms with Crippen molar-refractivity contribution in [3.05, 3.63) is 52.6 Å². The molecule has 0 amide bonds. The molecular weight excluding hydrogens is 304 g/mol. The fraction of sp³-hybridized carbons (Fsp3) is 0.500. The minimum absolute atomic E-state index is 0.321. The summed E-state index contributed by atoms with van der Waals surface area (Å²) in [4.78, 5) is 0. The maximum atomic E-state index is 9.68. The number of rotatable bonds is 5. The molecule has 25 heavy (non-hydrogen) atoms. The van der Waals surface area contributed by atoms with E-state index in [1.165, 1.54) is 33.4 Å². The molecule has 0 heterocycles. The van der Waals surface area contributed by atoms with E-state index < -0.39 is 0 Å². The van der Waals surface area contributed by atoms with E-state index in [0.29, 0.717) is 29.4 Å². The third-order valence-corrected chi connectivity index (χ3v) is 5.01. The molecular formula is C24H34O. The fourth-order valence-corrected chi connectivity index (χ4v) is 4.00. The van der Waals surface area contributed by atoms with Crippen LogP contribution < -0.4 is 0 Å². The van der Waals surface area contributed by atoms with Gasteiger partial charge in [-0.05, 0) is 69.2 Å². The Hall–Kier alpha value is -1.76. The molecule has 1 N–H and O–H groups in total. The van der Waals surface area contributed by atoms with Gasteiger partial charge in [0.2, 0.25) is 0 Å². The molecule has 1 heteroatoms. The SMILES string of the molecule is CC(C)c1cc(-c2ccc(O)cc2)c(C(C)C)c(C(C)C)c1C(C)C. The van der Waals surface area contributed by atoms with Crippen molar-refractivity contribution >= 4 is 0 Å². The van der Waals surface area contributed by atoms with Crippen LogP contribution >= 0.6 is 0 Å². The van der Waals surface area contributed by atoms with Gasteiger partial charge in [-0.15, -0.1) is 0 Å². The van der Waals surface area contributed by atoms with Gasteiger partial charge in [0.25, 0.3) is 0 Å². The second-order valence-electron chi connectivity index (χ2n) is 8.42. The van der Waals surface area contributed by atoms with E-state index in [4.69, 9.17) is 0 Å². The van der Waals surface area contributed by atoms with Gasteiger partial charge >= 0.3 is 0 Å². The molecule has 0 aliphatic rings. The Kier molecular flexibility index (Phi) is 5.98. The lowest BCUT2D eigenvalue weighted by molar-refractivity contribution is 0.475. The van der Waals surface area contributed by atoms with Crippen LogP contribution in [0.15, 0.2) is 30.3 Å². The Morgan fingerprint density at radius 2 is 1.08 bits per heavy atom. The maximum Gasteiger partial charge on any atom is 0.115 e. The molecule has 0 bridgehead atoms. The Morgan fingerprint density at radius 1 is 0.600 bits per heavy atom. The van der Waals surface area contributed by atoms with Gasteiger partial charge in [-0.3, -0.25) is 0 Å². The molecule has 136 valence electrons. The summed E-state index contributed by atoms with van der Waals surface area (Å²) < 4.78 is 0. The van der Waals surface area contributed by atoms with E-state index in [1.807, 2.05) is 12.1 Å². The summed E-state index contributed by atoms with van der Waals surface area (Å²) in [5, 5.41) is 9.68. The Balaban J connectivity index is 2.94. The van der Waals surface area contributed by atoms with E-state index in [-0.39, 0.29) is 0 Å². The Morgan fingerprint density at radius 3 is 1.48 bits per heavy atom. The zero-order chi connectivity index (χ0) is 18.9. The highest BCUT2D eigenvalue weighted by molar-refractivity contribution is 5.73. The summed E-state index contributed by atoms with van der Waals surface area (Å²) in [7, 11) is 0. The van der Waals surface area contributed by atoms with Crippen molar-refractivity contribution in [1.82, 2.24) is 0 Å². The Labute approximate surface area is 154 Å². The van der Waals surface area contributed by atoms with E-state index in [0.717, 1.165) is 0 Å². The van der Waals surface area contributed by atoms with Crippen LogP contribution in [0.4, 0.5) is 0 Å². The van der Waals surface area contributed by atoms with Crippen molar-refractivity contribution < 1.29 is 5.11 Å². The predicted octanol–water partition coefficient (Wildman–Crippen LogP) is 7.55. The van der Waals surface area contributed by atoms with Gasteiger partial charge < -0.3 is 5.11 Å². The molecule has 0 radical (unpaired) electrons. The summed E-state index contributed by atoms with van der Waals surface area (Å²) in [6.07, 6.45) is 0. The van der Waals surface area contributed by atoms with Crippen LogP contribution in [0, 0.1) is 0 Å². The minimum Gasteiger partial charge on any atom is -0.508 e. The van der Waals surface area contributed by atoms with Crippen molar-refractivity contribution in [2.24, 2.45) is 0 Å². The summed E-state index contributed by atoms with van der Waals surface area (Å²) in [6, 6.07) is 10.1. The van der Waals surface area contributed by atoms with Gasteiger partial charge in [0.1, 0.15) is 5.75 Å². The zero-order valence-corrected chi connectivity index (χ0v) is 17.1. The monoisotopic (exact) mass is 338 g/mol. The lowest BCUT2D eigenvalue weighted by atomic mass is 9.75.